The van der Waals surface area contributed by atoms with Crippen LogP contribution in [0.2, 0.25) is 0 Å². The van der Waals surface area contributed by atoms with Crippen molar-refractivity contribution in [3.05, 3.63) is 60.2 Å². The van der Waals surface area contributed by atoms with Crippen molar-refractivity contribution in [1.29, 1.82) is 0 Å². The van der Waals surface area contributed by atoms with Gasteiger partial charge in [0.05, 0.1) is 6.04 Å². The molecule has 0 spiro atoms. The highest BCUT2D eigenvalue weighted by Gasteiger charge is 2.29. The summed E-state index contributed by atoms with van der Waals surface area (Å²) in [4.78, 5) is 12.7. The van der Waals surface area contributed by atoms with E-state index < -0.39 is 6.10 Å². The second-order valence-electron chi connectivity index (χ2n) is 6.47. The van der Waals surface area contributed by atoms with E-state index in [1.807, 2.05) is 54.6 Å². The van der Waals surface area contributed by atoms with E-state index in [2.05, 4.69) is 19.2 Å². The standard InChI is InChI=1S/C20H23NO3/c1-14(2)12-16(15-8-4-3-5-9-15)21-20(22)19-13-23-17-10-6-7-11-18(17)24-19/h3-11,14,16,19H,12-13H2,1-2H3,(H,21,22). The van der Waals surface area contributed by atoms with Crippen LogP contribution in [0.25, 0.3) is 0 Å². The Bertz CT molecular complexity index is 684. The third-order valence-electron chi connectivity index (χ3n) is 4.03. The zero-order chi connectivity index (χ0) is 16.9. The molecule has 0 aliphatic carbocycles. The minimum atomic E-state index is -0.627. The zero-order valence-corrected chi connectivity index (χ0v) is 14.1. The normalized spacial score (nSPS) is 17.4. The lowest BCUT2D eigenvalue weighted by molar-refractivity contribution is -0.131. The van der Waals surface area contributed by atoms with E-state index in [1.165, 1.54) is 0 Å². The van der Waals surface area contributed by atoms with E-state index in [4.69, 9.17) is 9.47 Å². The fraction of sp³-hybridized carbons (Fsp3) is 0.350. The summed E-state index contributed by atoms with van der Waals surface area (Å²) in [6.45, 7) is 4.53. The first-order valence-corrected chi connectivity index (χ1v) is 8.37. The van der Waals surface area contributed by atoms with Gasteiger partial charge in [0, 0.05) is 0 Å². The minimum absolute atomic E-state index is 0.0283. The maximum atomic E-state index is 12.7. The number of benzene rings is 2. The smallest absolute Gasteiger partial charge is 0.265 e. The summed E-state index contributed by atoms with van der Waals surface area (Å²) < 4.78 is 11.4. The SMILES string of the molecule is CC(C)CC(NC(=O)C1COc2ccccc2O1)c1ccccc1. The zero-order valence-electron chi connectivity index (χ0n) is 14.1. The van der Waals surface area contributed by atoms with Gasteiger partial charge in [-0.05, 0) is 30.0 Å². The minimum Gasteiger partial charge on any atom is -0.485 e. The lowest BCUT2D eigenvalue weighted by Crippen LogP contribution is -2.45. The fourth-order valence-electron chi connectivity index (χ4n) is 2.85. The first kappa shape index (κ1) is 16.4. The molecule has 0 aromatic heterocycles. The number of rotatable bonds is 5. The predicted octanol–water partition coefficient (Wildman–Crippen LogP) is 3.73. The lowest BCUT2D eigenvalue weighted by atomic mass is 9.97. The molecular weight excluding hydrogens is 302 g/mol. The van der Waals surface area contributed by atoms with E-state index in [9.17, 15) is 4.79 Å². The molecule has 0 radical (unpaired) electrons. The Kier molecular flexibility index (Phi) is 5.04. The Hall–Kier alpha value is -2.49. The Balaban J connectivity index is 1.70. The number of para-hydroxylation sites is 2. The molecule has 2 aromatic rings. The van der Waals surface area contributed by atoms with E-state index >= 15 is 0 Å². The highest BCUT2D eigenvalue weighted by molar-refractivity contribution is 5.82. The lowest BCUT2D eigenvalue weighted by Gasteiger charge is -2.28. The van der Waals surface area contributed by atoms with Gasteiger partial charge in [-0.2, -0.15) is 0 Å². The molecular formula is C20H23NO3. The van der Waals surface area contributed by atoms with Crippen LogP contribution in [0.5, 0.6) is 11.5 Å². The Morgan fingerprint density at radius 3 is 2.46 bits per heavy atom. The molecule has 1 heterocycles. The number of fused-ring (bicyclic) bond motifs is 1. The molecule has 4 heteroatoms. The number of nitrogens with one attached hydrogen (secondary N) is 1. The van der Waals surface area contributed by atoms with Crippen LogP contribution in [0.15, 0.2) is 54.6 Å². The fourth-order valence-corrected chi connectivity index (χ4v) is 2.85. The maximum Gasteiger partial charge on any atom is 0.265 e. The van der Waals surface area contributed by atoms with Crippen LogP contribution in [0.3, 0.4) is 0 Å². The third kappa shape index (κ3) is 3.88. The monoisotopic (exact) mass is 325 g/mol. The summed E-state index contributed by atoms with van der Waals surface area (Å²) in [5, 5.41) is 3.12. The van der Waals surface area contributed by atoms with Crippen molar-refractivity contribution >= 4 is 5.91 Å². The molecule has 0 fully saturated rings. The summed E-state index contributed by atoms with van der Waals surface area (Å²) in [6, 6.07) is 17.4. The van der Waals surface area contributed by atoms with E-state index in [0.717, 1.165) is 12.0 Å². The van der Waals surface area contributed by atoms with Crippen LogP contribution in [-0.4, -0.2) is 18.6 Å². The quantitative estimate of drug-likeness (QED) is 0.911. The first-order chi connectivity index (χ1) is 11.6. The number of hydrogen-bond acceptors (Lipinski definition) is 3. The summed E-state index contributed by atoms with van der Waals surface area (Å²) in [5.41, 5.74) is 1.11. The van der Waals surface area contributed by atoms with Gasteiger partial charge in [-0.25, -0.2) is 0 Å². The molecule has 2 unspecified atom stereocenters. The second kappa shape index (κ2) is 7.39. The second-order valence-corrected chi connectivity index (χ2v) is 6.47. The molecule has 1 aliphatic rings. The summed E-state index contributed by atoms with van der Waals surface area (Å²) in [6.07, 6.45) is 0.248. The van der Waals surface area contributed by atoms with Gasteiger partial charge in [-0.15, -0.1) is 0 Å². The maximum absolute atomic E-state index is 12.7. The molecule has 0 saturated heterocycles. The number of hydrogen-bond donors (Lipinski definition) is 1. The van der Waals surface area contributed by atoms with E-state index in [0.29, 0.717) is 17.4 Å². The van der Waals surface area contributed by atoms with Crippen molar-refractivity contribution in [3.63, 3.8) is 0 Å². The molecule has 24 heavy (non-hydrogen) atoms. The Morgan fingerprint density at radius 1 is 1.08 bits per heavy atom. The molecule has 4 nitrogen and oxygen atoms in total. The number of carbonyl (C=O) groups excluding carboxylic acids is 1. The van der Waals surface area contributed by atoms with Crippen molar-refractivity contribution in [1.82, 2.24) is 5.32 Å². The Morgan fingerprint density at radius 2 is 1.75 bits per heavy atom. The summed E-state index contributed by atoms with van der Waals surface area (Å²) in [5.74, 6) is 1.63. The van der Waals surface area contributed by atoms with Crippen molar-refractivity contribution in [2.75, 3.05) is 6.61 Å². The van der Waals surface area contributed by atoms with Crippen molar-refractivity contribution in [3.8, 4) is 11.5 Å². The molecule has 3 rings (SSSR count). The van der Waals surface area contributed by atoms with Crippen LogP contribution in [0, 0.1) is 5.92 Å². The predicted molar refractivity (Wildman–Crippen MR) is 93.1 cm³/mol. The average molecular weight is 325 g/mol. The highest BCUT2D eigenvalue weighted by atomic mass is 16.6. The van der Waals surface area contributed by atoms with Crippen LogP contribution < -0.4 is 14.8 Å². The average Bonchev–Trinajstić information content (AvgIpc) is 2.61. The van der Waals surface area contributed by atoms with Gasteiger partial charge in [0.2, 0.25) is 6.10 Å². The molecule has 126 valence electrons. The van der Waals surface area contributed by atoms with E-state index in [1.54, 1.807) is 0 Å². The molecule has 2 atom stereocenters. The van der Waals surface area contributed by atoms with E-state index in [-0.39, 0.29) is 18.6 Å². The van der Waals surface area contributed by atoms with Crippen molar-refractivity contribution < 1.29 is 14.3 Å². The first-order valence-electron chi connectivity index (χ1n) is 8.37. The summed E-state index contributed by atoms with van der Waals surface area (Å²) in [7, 11) is 0. The van der Waals surface area contributed by atoms with Gasteiger partial charge in [0.25, 0.3) is 5.91 Å². The van der Waals surface area contributed by atoms with Gasteiger partial charge < -0.3 is 14.8 Å². The molecule has 0 saturated carbocycles. The van der Waals surface area contributed by atoms with Gasteiger partial charge in [0.1, 0.15) is 6.61 Å². The summed E-state index contributed by atoms with van der Waals surface area (Å²) >= 11 is 0. The van der Waals surface area contributed by atoms with Crippen LogP contribution in [0.4, 0.5) is 0 Å². The number of amides is 1. The van der Waals surface area contributed by atoms with Gasteiger partial charge in [0.15, 0.2) is 11.5 Å². The number of ether oxygens (including phenoxy) is 2. The van der Waals surface area contributed by atoms with Gasteiger partial charge >= 0.3 is 0 Å². The third-order valence-corrected chi connectivity index (χ3v) is 4.03. The van der Waals surface area contributed by atoms with Gasteiger partial charge in [-0.3, -0.25) is 4.79 Å². The van der Waals surface area contributed by atoms with Crippen LogP contribution in [0.1, 0.15) is 31.9 Å². The van der Waals surface area contributed by atoms with Crippen molar-refractivity contribution in [2.45, 2.75) is 32.4 Å². The molecule has 1 aliphatic heterocycles. The van der Waals surface area contributed by atoms with Gasteiger partial charge in [-0.1, -0.05) is 56.3 Å². The number of carbonyl (C=O) groups is 1. The van der Waals surface area contributed by atoms with Crippen LogP contribution in [-0.2, 0) is 4.79 Å². The molecule has 1 amide bonds. The topological polar surface area (TPSA) is 47.6 Å². The molecule has 0 bridgehead atoms. The highest BCUT2D eigenvalue weighted by Crippen LogP contribution is 2.31. The molecule has 1 N–H and O–H groups in total. The largest absolute Gasteiger partial charge is 0.485 e. The van der Waals surface area contributed by atoms with Crippen molar-refractivity contribution in [2.24, 2.45) is 5.92 Å². The Labute approximate surface area is 142 Å². The van der Waals surface area contributed by atoms with Crippen LogP contribution >= 0.6 is 0 Å². The molecule has 2 aromatic carbocycles.